The number of carbonyl (C=O) groups excluding carboxylic acids is 1. The maximum atomic E-state index is 12.0. The number of aromatic nitrogens is 3. The zero-order valence-corrected chi connectivity index (χ0v) is 12.3. The first-order valence-corrected chi connectivity index (χ1v) is 6.96. The van der Waals surface area contributed by atoms with Crippen LogP contribution in [0.3, 0.4) is 0 Å². The van der Waals surface area contributed by atoms with Crippen molar-refractivity contribution in [2.24, 2.45) is 0 Å². The maximum Gasteiger partial charge on any atom is 0.323 e. The van der Waals surface area contributed by atoms with E-state index >= 15 is 0 Å². The first-order valence-electron chi connectivity index (χ1n) is 6.96. The molecule has 3 rings (SSSR count). The molecule has 0 aliphatic rings. The molecule has 2 heterocycles. The predicted molar refractivity (Wildman–Crippen MR) is 81.8 cm³/mol. The minimum absolute atomic E-state index is 0.0998. The number of imidazole rings is 1. The Bertz CT molecular complexity index is 868. The monoisotopic (exact) mass is 300 g/mol. The normalized spacial score (nSPS) is 11.0. The molecule has 3 N–H and O–H groups in total. The Morgan fingerprint density at radius 1 is 1.27 bits per heavy atom. The molecule has 0 fully saturated rings. The molecular weight excluding hydrogens is 284 g/mol. The van der Waals surface area contributed by atoms with E-state index in [1.807, 2.05) is 13.8 Å². The van der Waals surface area contributed by atoms with Crippen LogP contribution in [0.25, 0.3) is 11.0 Å². The number of carbonyl (C=O) groups is 1. The number of nitrogens with one attached hydrogen (secondary N) is 3. The zero-order valence-electron chi connectivity index (χ0n) is 12.3. The highest BCUT2D eigenvalue weighted by atomic mass is 16.5. The van der Waals surface area contributed by atoms with Crippen LogP contribution in [-0.2, 0) is 11.2 Å². The largest absolute Gasteiger partial charge is 0.361 e. The van der Waals surface area contributed by atoms with Gasteiger partial charge in [0.25, 0.3) is 0 Å². The molecule has 0 aliphatic carbocycles. The highest BCUT2D eigenvalue weighted by Crippen LogP contribution is 2.17. The highest BCUT2D eigenvalue weighted by molar-refractivity contribution is 5.93. The average molecular weight is 300 g/mol. The molecule has 7 nitrogen and oxygen atoms in total. The van der Waals surface area contributed by atoms with Crippen LogP contribution in [-0.4, -0.2) is 21.0 Å². The summed E-state index contributed by atoms with van der Waals surface area (Å²) in [6.07, 6.45) is 0.917. The van der Waals surface area contributed by atoms with Crippen LogP contribution >= 0.6 is 0 Å². The van der Waals surface area contributed by atoms with Crippen molar-refractivity contribution < 1.29 is 9.32 Å². The highest BCUT2D eigenvalue weighted by Gasteiger charge is 2.11. The first-order chi connectivity index (χ1) is 10.5. The van der Waals surface area contributed by atoms with E-state index in [1.54, 1.807) is 18.2 Å². The topological polar surface area (TPSA) is 104 Å². The van der Waals surface area contributed by atoms with Gasteiger partial charge in [-0.05, 0) is 38.5 Å². The van der Waals surface area contributed by atoms with E-state index < -0.39 is 0 Å². The number of amides is 1. The molecule has 0 aliphatic heterocycles. The number of nitrogens with zero attached hydrogens (tertiary/aromatic N) is 1. The molecule has 0 saturated heterocycles. The van der Waals surface area contributed by atoms with Gasteiger partial charge in [0.05, 0.1) is 16.7 Å². The molecule has 0 spiro atoms. The van der Waals surface area contributed by atoms with Crippen molar-refractivity contribution in [2.45, 2.75) is 26.7 Å². The van der Waals surface area contributed by atoms with Gasteiger partial charge in [0.1, 0.15) is 5.76 Å². The Balaban J connectivity index is 1.66. The van der Waals surface area contributed by atoms with Crippen molar-refractivity contribution in [3.8, 4) is 0 Å². The minimum Gasteiger partial charge on any atom is -0.361 e. The van der Waals surface area contributed by atoms with E-state index in [9.17, 15) is 9.59 Å². The summed E-state index contributed by atoms with van der Waals surface area (Å²) in [7, 11) is 0. The van der Waals surface area contributed by atoms with Gasteiger partial charge >= 0.3 is 5.69 Å². The van der Waals surface area contributed by atoms with E-state index in [0.29, 0.717) is 29.6 Å². The first kappa shape index (κ1) is 14.1. The van der Waals surface area contributed by atoms with Crippen molar-refractivity contribution in [3.63, 3.8) is 0 Å². The summed E-state index contributed by atoms with van der Waals surface area (Å²) in [6.45, 7) is 3.70. The SMILES string of the molecule is Cc1noc(C)c1CCC(=O)Nc1ccc2[nH]c(=O)[nH]c2c1. The van der Waals surface area contributed by atoms with Gasteiger partial charge in [-0.1, -0.05) is 5.16 Å². The summed E-state index contributed by atoms with van der Waals surface area (Å²) in [6, 6.07) is 5.22. The number of aryl methyl sites for hydroxylation is 2. The second kappa shape index (κ2) is 5.51. The fourth-order valence-corrected chi connectivity index (χ4v) is 2.43. The Labute approximate surface area is 125 Å². The summed E-state index contributed by atoms with van der Waals surface area (Å²) in [4.78, 5) is 28.5. The smallest absolute Gasteiger partial charge is 0.323 e. The Morgan fingerprint density at radius 2 is 2.05 bits per heavy atom. The summed E-state index contributed by atoms with van der Waals surface area (Å²) in [5, 5.41) is 6.69. The molecule has 7 heteroatoms. The van der Waals surface area contributed by atoms with E-state index in [1.165, 1.54) is 0 Å². The van der Waals surface area contributed by atoms with Crippen LogP contribution in [0.4, 0.5) is 5.69 Å². The van der Waals surface area contributed by atoms with Crippen LogP contribution in [0.5, 0.6) is 0 Å². The summed E-state index contributed by atoms with van der Waals surface area (Å²) >= 11 is 0. The number of hydrogen-bond acceptors (Lipinski definition) is 4. The van der Waals surface area contributed by atoms with Gasteiger partial charge in [-0.3, -0.25) is 4.79 Å². The third-order valence-electron chi connectivity index (χ3n) is 3.58. The van der Waals surface area contributed by atoms with Gasteiger partial charge in [-0.2, -0.15) is 0 Å². The van der Waals surface area contributed by atoms with Crippen LogP contribution in [0.15, 0.2) is 27.5 Å². The molecule has 0 saturated carbocycles. The molecule has 3 aromatic rings. The Kier molecular flexibility index (Phi) is 3.54. The number of hydrogen-bond donors (Lipinski definition) is 3. The Morgan fingerprint density at radius 3 is 2.77 bits per heavy atom. The van der Waals surface area contributed by atoms with Gasteiger partial charge in [0.15, 0.2) is 0 Å². The third-order valence-corrected chi connectivity index (χ3v) is 3.58. The van der Waals surface area contributed by atoms with Crippen molar-refractivity contribution in [3.05, 3.63) is 45.7 Å². The molecule has 0 atom stereocenters. The van der Waals surface area contributed by atoms with Crippen LogP contribution in [0.2, 0.25) is 0 Å². The number of aromatic amines is 2. The van der Waals surface area contributed by atoms with Crippen LogP contribution in [0.1, 0.15) is 23.4 Å². The van der Waals surface area contributed by atoms with Crippen molar-refractivity contribution >= 4 is 22.6 Å². The Hall–Kier alpha value is -2.83. The molecule has 0 unspecified atom stereocenters. The van der Waals surface area contributed by atoms with E-state index in [-0.39, 0.29) is 11.6 Å². The van der Waals surface area contributed by atoms with Crippen molar-refractivity contribution in [1.82, 2.24) is 15.1 Å². The van der Waals surface area contributed by atoms with Crippen molar-refractivity contribution in [1.29, 1.82) is 0 Å². The summed E-state index contributed by atoms with van der Waals surface area (Å²) < 4.78 is 5.08. The van der Waals surface area contributed by atoms with Crippen LogP contribution in [0, 0.1) is 13.8 Å². The number of anilines is 1. The van der Waals surface area contributed by atoms with Crippen LogP contribution < -0.4 is 11.0 Å². The number of rotatable bonds is 4. The van der Waals surface area contributed by atoms with E-state index in [0.717, 1.165) is 17.0 Å². The second-order valence-electron chi connectivity index (χ2n) is 5.19. The lowest BCUT2D eigenvalue weighted by atomic mass is 10.1. The van der Waals surface area contributed by atoms with Gasteiger partial charge in [0.2, 0.25) is 5.91 Å². The number of H-pyrrole nitrogens is 2. The molecular formula is C15H16N4O3. The molecule has 114 valence electrons. The minimum atomic E-state index is -0.267. The van der Waals surface area contributed by atoms with Crippen molar-refractivity contribution in [2.75, 3.05) is 5.32 Å². The molecule has 0 bridgehead atoms. The van der Waals surface area contributed by atoms with Gasteiger partial charge in [-0.15, -0.1) is 0 Å². The summed E-state index contributed by atoms with van der Waals surface area (Å²) in [5.41, 5.74) is 3.54. The fraction of sp³-hybridized carbons (Fsp3) is 0.267. The molecule has 1 amide bonds. The third kappa shape index (κ3) is 2.78. The lowest BCUT2D eigenvalue weighted by Crippen LogP contribution is -2.12. The van der Waals surface area contributed by atoms with Gasteiger partial charge < -0.3 is 19.8 Å². The van der Waals surface area contributed by atoms with E-state index in [4.69, 9.17) is 4.52 Å². The van der Waals surface area contributed by atoms with E-state index in [2.05, 4.69) is 20.4 Å². The number of benzene rings is 1. The standard InChI is InChI=1S/C15H16N4O3/c1-8-11(9(2)22-19-8)4-6-14(20)16-10-3-5-12-13(7-10)18-15(21)17-12/h3,5,7H,4,6H2,1-2H3,(H,16,20)(H2,17,18,21). The lowest BCUT2D eigenvalue weighted by Gasteiger charge is -2.05. The number of fused-ring (bicyclic) bond motifs is 1. The zero-order chi connectivity index (χ0) is 15.7. The predicted octanol–water partition coefficient (Wildman–Crippen LogP) is 2.03. The van der Waals surface area contributed by atoms with Gasteiger partial charge in [-0.25, -0.2) is 4.79 Å². The second-order valence-corrected chi connectivity index (χ2v) is 5.19. The quantitative estimate of drug-likeness (QED) is 0.685. The maximum absolute atomic E-state index is 12.0. The average Bonchev–Trinajstić information content (AvgIpc) is 2.98. The fourth-order valence-electron chi connectivity index (χ4n) is 2.43. The molecule has 1 aromatic carbocycles. The molecule has 2 aromatic heterocycles. The lowest BCUT2D eigenvalue weighted by molar-refractivity contribution is -0.116. The summed E-state index contributed by atoms with van der Waals surface area (Å²) in [5.74, 6) is 0.647. The molecule has 0 radical (unpaired) electrons. The molecule has 22 heavy (non-hydrogen) atoms. The van der Waals surface area contributed by atoms with Gasteiger partial charge in [0, 0.05) is 17.7 Å².